The van der Waals surface area contributed by atoms with Crippen LogP contribution in [-0.4, -0.2) is 18.2 Å². The second-order valence-corrected chi connectivity index (χ2v) is 4.52. The molecule has 0 spiro atoms. The lowest BCUT2D eigenvalue weighted by molar-refractivity contribution is -0.138. The van der Waals surface area contributed by atoms with Gasteiger partial charge in [0, 0.05) is 10.0 Å². The summed E-state index contributed by atoms with van der Waals surface area (Å²) >= 11 is 3.41. The SMILES string of the molecule is CCC(C(=O)O)c1c(Br)cc(C)cc1OC. The van der Waals surface area contributed by atoms with Crippen molar-refractivity contribution in [1.82, 2.24) is 0 Å². The summed E-state index contributed by atoms with van der Waals surface area (Å²) in [5.41, 5.74) is 1.75. The first-order valence-electron chi connectivity index (χ1n) is 5.08. The first-order chi connectivity index (χ1) is 7.51. The number of methoxy groups -OCH3 is 1. The molecule has 0 aromatic heterocycles. The summed E-state index contributed by atoms with van der Waals surface area (Å²) in [4.78, 5) is 11.2. The van der Waals surface area contributed by atoms with E-state index in [2.05, 4.69) is 15.9 Å². The maximum absolute atomic E-state index is 11.2. The van der Waals surface area contributed by atoms with Crippen LogP contribution in [-0.2, 0) is 4.79 Å². The third-order valence-corrected chi connectivity index (χ3v) is 3.17. The summed E-state index contributed by atoms with van der Waals surface area (Å²) in [5, 5.41) is 9.16. The van der Waals surface area contributed by atoms with Crippen molar-refractivity contribution in [3.05, 3.63) is 27.7 Å². The minimum Gasteiger partial charge on any atom is -0.496 e. The van der Waals surface area contributed by atoms with Crippen LogP contribution in [0.5, 0.6) is 5.75 Å². The van der Waals surface area contributed by atoms with Gasteiger partial charge >= 0.3 is 5.97 Å². The van der Waals surface area contributed by atoms with Crippen molar-refractivity contribution < 1.29 is 14.6 Å². The molecular formula is C12H15BrO3. The van der Waals surface area contributed by atoms with Crippen LogP contribution < -0.4 is 4.74 Å². The van der Waals surface area contributed by atoms with E-state index in [0.717, 1.165) is 10.0 Å². The molecule has 1 aromatic carbocycles. The van der Waals surface area contributed by atoms with E-state index >= 15 is 0 Å². The molecule has 4 heteroatoms. The number of hydrogen-bond acceptors (Lipinski definition) is 2. The predicted octanol–water partition coefficient (Wildman–Crippen LogP) is 3.34. The van der Waals surface area contributed by atoms with Crippen molar-refractivity contribution in [3.8, 4) is 5.75 Å². The minimum absolute atomic E-state index is 0.535. The number of aliphatic carboxylic acids is 1. The first kappa shape index (κ1) is 13.0. The van der Waals surface area contributed by atoms with Gasteiger partial charge in [-0.3, -0.25) is 4.79 Å². The van der Waals surface area contributed by atoms with Gasteiger partial charge in [-0.2, -0.15) is 0 Å². The number of benzene rings is 1. The number of rotatable bonds is 4. The highest BCUT2D eigenvalue weighted by Gasteiger charge is 2.24. The summed E-state index contributed by atoms with van der Waals surface area (Å²) in [6.45, 7) is 3.79. The van der Waals surface area contributed by atoms with E-state index in [1.165, 1.54) is 0 Å². The van der Waals surface area contributed by atoms with E-state index in [9.17, 15) is 4.79 Å². The predicted molar refractivity (Wildman–Crippen MR) is 66.1 cm³/mol. The van der Waals surface area contributed by atoms with Crippen LogP contribution in [0.3, 0.4) is 0 Å². The number of ether oxygens (including phenoxy) is 1. The van der Waals surface area contributed by atoms with Crippen LogP contribution in [0.25, 0.3) is 0 Å². The molecule has 0 radical (unpaired) electrons. The highest BCUT2D eigenvalue weighted by Crippen LogP contribution is 2.36. The molecule has 0 heterocycles. The van der Waals surface area contributed by atoms with Crippen LogP contribution in [0.4, 0.5) is 0 Å². The van der Waals surface area contributed by atoms with Crippen molar-refractivity contribution in [2.45, 2.75) is 26.2 Å². The maximum atomic E-state index is 11.2. The van der Waals surface area contributed by atoms with Crippen molar-refractivity contribution in [2.75, 3.05) is 7.11 Å². The zero-order valence-corrected chi connectivity index (χ0v) is 11.2. The van der Waals surface area contributed by atoms with Gasteiger partial charge in [0.15, 0.2) is 0 Å². The van der Waals surface area contributed by atoms with Gasteiger partial charge in [-0.1, -0.05) is 22.9 Å². The molecule has 0 saturated heterocycles. The van der Waals surface area contributed by atoms with Crippen molar-refractivity contribution in [3.63, 3.8) is 0 Å². The van der Waals surface area contributed by atoms with Crippen molar-refractivity contribution in [2.24, 2.45) is 0 Å². The van der Waals surface area contributed by atoms with Crippen LogP contribution in [0, 0.1) is 6.92 Å². The van der Waals surface area contributed by atoms with Gasteiger partial charge in [0.1, 0.15) is 5.75 Å². The van der Waals surface area contributed by atoms with Gasteiger partial charge in [-0.05, 0) is 31.0 Å². The van der Waals surface area contributed by atoms with Gasteiger partial charge < -0.3 is 9.84 Å². The number of carboxylic acid groups (broad SMARTS) is 1. The van der Waals surface area contributed by atoms with Crippen LogP contribution >= 0.6 is 15.9 Å². The standard InChI is InChI=1S/C12H15BrO3/c1-4-8(12(14)15)11-9(13)5-7(2)6-10(11)16-3/h5-6,8H,4H2,1-3H3,(H,14,15). The Morgan fingerprint density at radius 1 is 1.56 bits per heavy atom. The molecule has 1 N–H and O–H groups in total. The Balaban J connectivity index is 3.35. The highest BCUT2D eigenvalue weighted by atomic mass is 79.9. The Morgan fingerprint density at radius 3 is 2.62 bits per heavy atom. The summed E-state index contributed by atoms with van der Waals surface area (Å²) in [7, 11) is 1.55. The summed E-state index contributed by atoms with van der Waals surface area (Å²) in [6.07, 6.45) is 0.535. The average molecular weight is 287 g/mol. The van der Waals surface area contributed by atoms with Gasteiger partial charge in [0.25, 0.3) is 0 Å². The Bertz CT molecular complexity index is 401. The smallest absolute Gasteiger partial charge is 0.311 e. The molecule has 16 heavy (non-hydrogen) atoms. The fraction of sp³-hybridized carbons (Fsp3) is 0.417. The summed E-state index contributed by atoms with van der Waals surface area (Å²) < 4.78 is 6.04. The van der Waals surface area contributed by atoms with Gasteiger partial charge in [0.2, 0.25) is 0 Å². The van der Waals surface area contributed by atoms with Gasteiger partial charge in [0.05, 0.1) is 13.0 Å². The molecule has 1 unspecified atom stereocenters. The van der Waals surface area contributed by atoms with E-state index in [1.54, 1.807) is 7.11 Å². The monoisotopic (exact) mass is 286 g/mol. The number of aryl methyl sites for hydroxylation is 1. The fourth-order valence-corrected chi connectivity index (χ4v) is 2.56. The molecule has 1 aromatic rings. The summed E-state index contributed by atoms with van der Waals surface area (Å²) in [5.74, 6) is -0.739. The Hall–Kier alpha value is -1.03. The topological polar surface area (TPSA) is 46.5 Å². The molecule has 0 saturated carbocycles. The lowest BCUT2D eigenvalue weighted by Crippen LogP contribution is -2.12. The number of carbonyl (C=O) groups is 1. The van der Waals surface area contributed by atoms with Gasteiger partial charge in [-0.25, -0.2) is 0 Å². The molecule has 1 atom stereocenters. The second kappa shape index (κ2) is 5.34. The highest BCUT2D eigenvalue weighted by molar-refractivity contribution is 9.10. The third-order valence-electron chi connectivity index (χ3n) is 2.51. The molecule has 0 aliphatic carbocycles. The molecule has 0 amide bonds. The molecular weight excluding hydrogens is 272 g/mol. The van der Waals surface area contributed by atoms with E-state index in [4.69, 9.17) is 9.84 Å². The molecule has 0 bridgehead atoms. The van der Waals surface area contributed by atoms with Crippen molar-refractivity contribution in [1.29, 1.82) is 0 Å². The van der Waals surface area contributed by atoms with Crippen molar-refractivity contribution >= 4 is 21.9 Å². The van der Waals surface area contributed by atoms with Crippen LogP contribution in [0.2, 0.25) is 0 Å². The summed E-state index contributed by atoms with van der Waals surface area (Å²) in [6, 6.07) is 3.76. The number of halogens is 1. The minimum atomic E-state index is -0.828. The molecule has 0 aliphatic rings. The Morgan fingerprint density at radius 2 is 2.19 bits per heavy atom. The Kier molecular flexibility index (Phi) is 4.35. The third kappa shape index (κ3) is 2.55. The van der Waals surface area contributed by atoms with E-state index in [0.29, 0.717) is 17.7 Å². The normalized spacial score (nSPS) is 12.2. The van der Waals surface area contributed by atoms with E-state index < -0.39 is 11.9 Å². The Labute approximate surface area is 104 Å². The molecule has 0 aliphatic heterocycles. The number of carboxylic acids is 1. The quantitative estimate of drug-likeness (QED) is 0.923. The first-order valence-corrected chi connectivity index (χ1v) is 5.87. The number of hydrogen-bond donors (Lipinski definition) is 1. The molecule has 1 rings (SSSR count). The van der Waals surface area contributed by atoms with Gasteiger partial charge in [-0.15, -0.1) is 0 Å². The van der Waals surface area contributed by atoms with E-state index in [-0.39, 0.29) is 0 Å². The zero-order valence-electron chi connectivity index (χ0n) is 9.58. The lowest BCUT2D eigenvalue weighted by atomic mass is 9.95. The van der Waals surface area contributed by atoms with Crippen LogP contribution in [0.15, 0.2) is 16.6 Å². The molecule has 88 valence electrons. The zero-order chi connectivity index (χ0) is 12.3. The maximum Gasteiger partial charge on any atom is 0.311 e. The average Bonchev–Trinajstić information content (AvgIpc) is 2.21. The lowest BCUT2D eigenvalue weighted by Gasteiger charge is -2.17. The largest absolute Gasteiger partial charge is 0.496 e. The van der Waals surface area contributed by atoms with Crippen LogP contribution in [0.1, 0.15) is 30.4 Å². The van der Waals surface area contributed by atoms with E-state index in [1.807, 2.05) is 26.0 Å². The fourth-order valence-electron chi connectivity index (χ4n) is 1.73. The molecule has 0 fully saturated rings. The second-order valence-electron chi connectivity index (χ2n) is 3.66. The molecule has 3 nitrogen and oxygen atoms in total.